The van der Waals surface area contributed by atoms with Crippen LogP contribution in [0.15, 0.2) is 60.2 Å². The number of nitrogens with zero attached hydrogens (tertiary/aromatic N) is 1. The average Bonchev–Trinajstić information content (AvgIpc) is 2.53. The van der Waals surface area contributed by atoms with Crippen molar-refractivity contribution < 1.29 is 9.59 Å². The monoisotopic (exact) mass is 295 g/mol. The largest absolute Gasteiger partial charge is 0.352 e. The van der Waals surface area contributed by atoms with E-state index in [4.69, 9.17) is 0 Å². The van der Waals surface area contributed by atoms with Crippen LogP contribution in [0, 0.1) is 0 Å². The van der Waals surface area contributed by atoms with Crippen LogP contribution in [0.3, 0.4) is 0 Å². The van der Waals surface area contributed by atoms with Gasteiger partial charge in [-0.05, 0) is 10.8 Å². The van der Waals surface area contributed by atoms with Gasteiger partial charge in [0.25, 0.3) is 0 Å². The SMILES string of the molecule is C=CCNC(=O)CC(=O)N/N=C\c1cccc2ccccc12. The summed E-state index contributed by atoms with van der Waals surface area (Å²) in [4.78, 5) is 22.9. The molecule has 0 saturated carbocycles. The predicted molar refractivity (Wildman–Crippen MR) is 87.5 cm³/mol. The van der Waals surface area contributed by atoms with E-state index in [2.05, 4.69) is 22.4 Å². The van der Waals surface area contributed by atoms with Gasteiger partial charge in [0.15, 0.2) is 0 Å². The highest BCUT2D eigenvalue weighted by atomic mass is 16.2. The summed E-state index contributed by atoms with van der Waals surface area (Å²) in [5, 5.41) is 8.57. The Morgan fingerprint density at radius 2 is 1.86 bits per heavy atom. The number of hydrazone groups is 1. The van der Waals surface area contributed by atoms with Crippen LogP contribution >= 0.6 is 0 Å². The Kier molecular flexibility index (Phi) is 5.43. The molecule has 0 fully saturated rings. The van der Waals surface area contributed by atoms with Crippen molar-refractivity contribution in [3.05, 3.63) is 60.7 Å². The molecule has 0 unspecified atom stereocenters. The Balaban J connectivity index is 1.95. The molecule has 5 heteroatoms. The van der Waals surface area contributed by atoms with Crippen LogP contribution in [0.4, 0.5) is 0 Å². The minimum Gasteiger partial charge on any atom is -0.352 e. The second-order valence-electron chi connectivity index (χ2n) is 4.63. The Bertz CT molecular complexity index is 717. The van der Waals surface area contributed by atoms with Crippen LogP contribution in [0.25, 0.3) is 10.8 Å². The third-order valence-corrected chi connectivity index (χ3v) is 2.98. The standard InChI is InChI=1S/C17H17N3O2/c1-2-10-18-16(21)11-17(22)20-19-12-14-8-5-7-13-6-3-4-9-15(13)14/h2-9,12H,1,10-11H2,(H,18,21)(H,20,22)/b19-12-. The summed E-state index contributed by atoms with van der Waals surface area (Å²) in [7, 11) is 0. The number of fused-ring (bicyclic) bond motifs is 1. The Morgan fingerprint density at radius 3 is 2.68 bits per heavy atom. The normalized spacial score (nSPS) is 10.5. The molecule has 0 aromatic heterocycles. The number of amides is 2. The summed E-state index contributed by atoms with van der Waals surface area (Å²) in [5.74, 6) is -0.823. The first-order valence-corrected chi connectivity index (χ1v) is 6.88. The van der Waals surface area contributed by atoms with E-state index in [1.54, 1.807) is 12.3 Å². The number of hydrogen-bond donors (Lipinski definition) is 2. The second-order valence-corrected chi connectivity index (χ2v) is 4.63. The van der Waals surface area contributed by atoms with Crippen LogP contribution in [-0.2, 0) is 9.59 Å². The first-order valence-electron chi connectivity index (χ1n) is 6.88. The lowest BCUT2D eigenvalue weighted by Crippen LogP contribution is -2.29. The maximum Gasteiger partial charge on any atom is 0.249 e. The van der Waals surface area contributed by atoms with Gasteiger partial charge in [0.05, 0.1) is 6.21 Å². The zero-order valence-electron chi connectivity index (χ0n) is 12.1. The summed E-state index contributed by atoms with van der Waals surface area (Å²) in [5.41, 5.74) is 3.24. The van der Waals surface area contributed by atoms with E-state index in [1.807, 2.05) is 42.5 Å². The van der Waals surface area contributed by atoms with E-state index in [9.17, 15) is 9.59 Å². The molecule has 2 aromatic carbocycles. The topological polar surface area (TPSA) is 70.6 Å². The Hall–Kier alpha value is -2.95. The molecule has 2 rings (SSSR count). The minimum atomic E-state index is -0.460. The van der Waals surface area contributed by atoms with Crippen molar-refractivity contribution >= 4 is 28.8 Å². The molecule has 2 N–H and O–H groups in total. The predicted octanol–water partition coefficient (Wildman–Crippen LogP) is 1.98. The molecule has 2 aromatic rings. The molecule has 5 nitrogen and oxygen atoms in total. The molecule has 0 aliphatic carbocycles. The van der Waals surface area contributed by atoms with Crippen molar-refractivity contribution in [1.29, 1.82) is 0 Å². The third kappa shape index (κ3) is 4.28. The van der Waals surface area contributed by atoms with Gasteiger partial charge in [-0.25, -0.2) is 5.43 Å². The maximum absolute atomic E-state index is 11.6. The fourth-order valence-electron chi connectivity index (χ4n) is 1.97. The number of benzene rings is 2. The number of carbonyl (C=O) groups excluding carboxylic acids is 2. The quantitative estimate of drug-likeness (QED) is 0.370. The van der Waals surface area contributed by atoms with Gasteiger partial charge in [-0.2, -0.15) is 5.10 Å². The van der Waals surface area contributed by atoms with Crippen molar-refractivity contribution in [2.45, 2.75) is 6.42 Å². The molecular weight excluding hydrogens is 278 g/mol. The first kappa shape index (κ1) is 15.4. The first-order chi connectivity index (χ1) is 10.7. The summed E-state index contributed by atoms with van der Waals surface area (Å²) in [6.07, 6.45) is 2.86. The van der Waals surface area contributed by atoms with Crippen molar-refractivity contribution in [3.8, 4) is 0 Å². The molecule has 0 aliphatic rings. The smallest absolute Gasteiger partial charge is 0.249 e. The van der Waals surface area contributed by atoms with E-state index in [0.29, 0.717) is 6.54 Å². The fraction of sp³-hybridized carbons (Fsp3) is 0.118. The Labute approximate surface area is 128 Å². The van der Waals surface area contributed by atoms with Crippen molar-refractivity contribution in [1.82, 2.24) is 10.7 Å². The second kappa shape index (κ2) is 7.73. The van der Waals surface area contributed by atoms with Gasteiger partial charge in [-0.3, -0.25) is 9.59 Å². The van der Waals surface area contributed by atoms with Crippen LogP contribution in [0.2, 0.25) is 0 Å². The van der Waals surface area contributed by atoms with E-state index < -0.39 is 5.91 Å². The van der Waals surface area contributed by atoms with Gasteiger partial charge in [-0.1, -0.05) is 48.5 Å². The summed E-state index contributed by atoms with van der Waals surface area (Å²) in [6, 6.07) is 13.8. The van der Waals surface area contributed by atoms with E-state index in [1.165, 1.54) is 0 Å². The lowest BCUT2D eigenvalue weighted by atomic mass is 10.1. The van der Waals surface area contributed by atoms with Gasteiger partial charge < -0.3 is 5.32 Å². The molecular formula is C17H17N3O2. The van der Waals surface area contributed by atoms with Crippen LogP contribution in [0.1, 0.15) is 12.0 Å². The number of hydrogen-bond acceptors (Lipinski definition) is 3. The maximum atomic E-state index is 11.6. The van der Waals surface area contributed by atoms with E-state index in [0.717, 1.165) is 16.3 Å². The lowest BCUT2D eigenvalue weighted by molar-refractivity contribution is -0.129. The summed E-state index contributed by atoms with van der Waals surface area (Å²) in [6.45, 7) is 3.82. The summed E-state index contributed by atoms with van der Waals surface area (Å²) < 4.78 is 0. The molecule has 0 radical (unpaired) electrons. The van der Waals surface area contributed by atoms with Gasteiger partial charge in [0, 0.05) is 12.1 Å². The lowest BCUT2D eigenvalue weighted by Gasteiger charge is -2.02. The zero-order valence-corrected chi connectivity index (χ0v) is 12.1. The van der Waals surface area contributed by atoms with Crippen molar-refractivity contribution in [2.24, 2.45) is 5.10 Å². The molecule has 112 valence electrons. The molecule has 0 heterocycles. The molecule has 0 bridgehead atoms. The minimum absolute atomic E-state index is 0.263. The summed E-state index contributed by atoms with van der Waals surface area (Å²) >= 11 is 0. The average molecular weight is 295 g/mol. The van der Waals surface area contributed by atoms with Crippen molar-refractivity contribution in [2.75, 3.05) is 6.54 Å². The van der Waals surface area contributed by atoms with Crippen LogP contribution in [-0.4, -0.2) is 24.6 Å². The van der Waals surface area contributed by atoms with Crippen molar-refractivity contribution in [3.63, 3.8) is 0 Å². The van der Waals surface area contributed by atoms with Gasteiger partial charge in [0.1, 0.15) is 6.42 Å². The highest BCUT2D eigenvalue weighted by Crippen LogP contribution is 2.16. The number of carbonyl (C=O) groups is 2. The van der Waals surface area contributed by atoms with Gasteiger partial charge >= 0.3 is 0 Å². The highest BCUT2D eigenvalue weighted by Gasteiger charge is 2.07. The molecule has 22 heavy (non-hydrogen) atoms. The van der Waals surface area contributed by atoms with E-state index in [-0.39, 0.29) is 12.3 Å². The van der Waals surface area contributed by atoms with Gasteiger partial charge in [0.2, 0.25) is 11.8 Å². The van der Waals surface area contributed by atoms with Crippen LogP contribution < -0.4 is 10.7 Å². The molecule has 0 atom stereocenters. The number of nitrogens with one attached hydrogen (secondary N) is 2. The Morgan fingerprint density at radius 1 is 1.09 bits per heavy atom. The highest BCUT2D eigenvalue weighted by molar-refractivity contribution is 6.00. The van der Waals surface area contributed by atoms with E-state index >= 15 is 0 Å². The number of rotatable bonds is 6. The molecule has 2 amide bonds. The fourth-order valence-corrected chi connectivity index (χ4v) is 1.97. The third-order valence-electron chi connectivity index (χ3n) is 2.98. The molecule has 0 aliphatic heterocycles. The molecule has 0 spiro atoms. The van der Waals surface area contributed by atoms with Crippen LogP contribution in [0.5, 0.6) is 0 Å². The van der Waals surface area contributed by atoms with Gasteiger partial charge in [-0.15, -0.1) is 6.58 Å². The molecule has 0 saturated heterocycles. The zero-order chi connectivity index (χ0) is 15.8.